The van der Waals surface area contributed by atoms with Crippen LogP contribution in [0.15, 0.2) is 60.8 Å². The normalized spacial score (nSPS) is 13.6. The van der Waals surface area contributed by atoms with Crippen LogP contribution in [-0.2, 0) is 12.8 Å². The largest absolute Gasteiger partial charge is 0.478 e. The SMILES string of the molecule is O=C(O)c1cccnc1-c1cc2c3c(ccc2c2ccccc12)CCCC3. The lowest BCUT2D eigenvalue weighted by atomic mass is 9.84. The molecule has 0 bridgehead atoms. The maximum absolute atomic E-state index is 11.8. The highest BCUT2D eigenvalue weighted by atomic mass is 16.4. The number of pyridine rings is 1. The molecule has 1 N–H and O–H groups in total. The second-order valence-corrected chi connectivity index (χ2v) is 7.18. The number of fused-ring (bicyclic) bond motifs is 5. The summed E-state index contributed by atoms with van der Waals surface area (Å²) in [4.78, 5) is 16.2. The number of rotatable bonds is 2. The molecule has 5 rings (SSSR count). The van der Waals surface area contributed by atoms with Gasteiger partial charge in [0, 0.05) is 11.8 Å². The smallest absolute Gasteiger partial charge is 0.337 e. The minimum atomic E-state index is -0.947. The molecule has 0 amide bonds. The third-order valence-electron chi connectivity index (χ3n) is 5.67. The molecule has 27 heavy (non-hydrogen) atoms. The number of carboxylic acid groups (broad SMARTS) is 1. The van der Waals surface area contributed by atoms with E-state index in [-0.39, 0.29) is 5.56 Å². The van der Waals surface area contributed by atoms with E-state index in [1.165, 1.54) is 34.7 Å². The molecule has 4 aromatic rings. The van der Waals surface area contributed by atoms with Crippen molar-refractivity contribution in [1.82, 2.24) is 4.98 Å². The van der Waals surface area contributed by atoms with Gasteiger partial charge >= 0.3 is 5.97 Å². The molecular formula is C24H19NO2. The Morgan fingerprint density at radius 2 is 1.63 bits per heavy atom. The van der Waals surface area contributed by atoms with Gasteiger partial charge in [-0.3, -0.25) is 4.98 Å². The molecule has 1 heterocycles. The van der Waals surface area contributed by atoms with Gasteiger partial charge in [0.2, 0.25) is 0 Å². The molecule has 0 radical (unpaired) electrons. The maximum atomic E-state index is 11.8. The zero-order valence-corrected chi connectivity index (χ0v) is 14.9. The van der Waals surface area contributed by atoms with Crippen LogP contribution in [0.25, 0.3) is 32.8 Å². The lowest BCUT2D eigenvalue weighted by Gasteiger charge is -2.20. The average Bonchev–Trinajstić information content (AvgIpc) is 2.73. The van der Waals surface area contributed by atoms with E-state index in [0.29, 0.717) is 5.69 Å². The van der Waals surface area contributed by atoms with Gasteiger partial charge in [0.05, 0.1) is 11.3 Å². The van der Waals surface area contributed by atoms with Crippen molar-refractivity contribution in [1.29, 1.82) is 0 Å². The number of nitrogens with zero attached hydrogens (tertiary/aromatic N) is 1. The summed E-state index contributed by atoms with van der Waals surface area (Å²) in [7, 11) is 0. The minimum absolute atomic E-state index is 0.242. The molecule has 0 spiro atoms. The second-order valence-electron chi connectivity index (χ2n) is 7.18. The first kappa shape index (κ1) is 16.0. The molecule has 3 nitrogen and oxygen atoms in total. The van der Waals surface area contributed by atoms with Crippen molar-refractivity contribution >= 4 is 27.5 Å². The van der Waals surface area contributed by atoms with Crippen molar-refractivity contribution < 1.29 is 9.90 Å². The molecule has 3 heteroatoms. The van der Waals surface area contributed by atoms with Crippen LogP contribution < -0.4 is 0 Å². The van der Waals surface area contributed by atoms with Gasteiger partial charge in [-0.15, -0.1) is 0 Å². The monoisotopic (exact) mass is 353 g/mol. The molecule has 0 saturated carbocycles. The van der Waals surface area contributed by atoms with Crippen molar-refractivity contribution in [3.8, 4) is 11.3 Å². The highest BCUT2D eigenvalue weighted by Crippen LogP contribution is 2.39. The summed E-state index contributed by atoms with van der Waals surface area (Å²) in [6, 6.07) is 18.2. The highest BCUT2D eigenvalue weighted by Gasteiger charge is 2.19. The predicted molar refractivity (Wildman–Crippen MR) is 108 cm³/mol. The van der Waals surface area contributed by atoms with Crippen LogP contribution in [0.2, 0.25) is 0 Å². The molecule has 3 aromatic carbocycles. The number of benzene rings is 3. The molecule has 0 fully saturated rings. The third-order valence-corrected chi connectivity index (χ3v) is 5.67. The zero-order chi connectivity index (χ0) is 18.4. The van der Waals surface area contributed by atoms with Gasteiger partial charge in [-0.05, 0) is 76.6 Å². The summed E-state index contributed by atoms with van der Waals surface area (Å²) >= 11 is 0. The molecule has 132 valence electrons. The van der Waals surface area contributed by atoms with Crippen molar-refractivity contribution in [3.63, 3.8) is 0 Å². The van der Waals surface area contributed by atoms with Gasteiger partial charge in [0.15, 0.2) is 0 Å². The van der Waals surface area contributed by atoms with Crippen LogP contribution in [0.3, 0.4) is 0 Å². The standard InChI is InChI=1S/C24H19NO2/c26-24(27)20-10-5-13-25-23(20)22-14-21-16-7-2-1-6-15(16)11-12-19(21)17-8-3-4-9-18(17)22/h3-5,8-14H,1-2,6-7H2,(H,26,27). The summed E-state index contributed by atoms with van der Waals surface area (Å²) in [5, 5.41) is 14.3. The zero-order valence-electron chi connectivity index (χ0n) is 14.9. The quantitative estimate of drug-likeness (QED) is 0.475. The van der Waals surface area contributed by atoms with E-state index in [9.17, 15) is 9.90 Å². The van der Waals surface area contributed by atoms with Crippen LogP contribution in [0.5, 0.6) is 0 Å². The van der Waals surface area contributed by atoms with Gasteiger partial charge < -0.3 is 5.11 Å². The molecule has 1 aliphatic rings. The van der Waals surface area contributed by atoms with Crippen molar-refractivity contribution in [2.24, 2.45) is 0 Å². The molecule has 0 unspecified atom stereocenters. The van der Waals surface area contributed by atoms with E-state index < -0.39 is 5.97 Å². The average molecular weight is 353 g/mol. The third kappa shape index (κ3) is 2.50. The molecule has 1 aromatic heterocycles. The van der Waals surface area contributed by atoms with E-state index >= 15 is 0 Å². The molecule has 0 saturated heterocycles. The van der Waals surface area contributed by atoms with Crippen LogP contribution >= 0.6 is 0 Å². The summed E-state index contributed by atoms with van der Waals surface area (Å²) in [5.41, 5.74) is 4.52. The number of hydrogen-bond acceptors (Lipinski definition) is 2. The Bertz CT molecular complexity index is 1210. The number of hydrogen-bond donors (Lipinski definition) is 1. The fourth-order valence-corrected chi connectivity index (χ4v) is 4.42. The van der Waals surface area contributed by atoms with Gasteiger partial charge in [0.25, 0.3) is 0 Å². The summed E-state index contributed by atoms with van der Waals surface area (Å²) in [6.07, 6.45) is 6.32. The number of aromatic nitrogens is 1. The van der Waals surface area contributed by atoms with Crippen molar-refractivity contribution in [2.45, 2.75) is 25.7 Å². The van der Waals surface area contributed by atoms with E-state index in [1.807, 2.05) is 12.1 Å². The van der Waals surface area contributed by atoms with Gasteiger partial charge in [0.1, 0.15) is 0 Å². The van der Waals surface area contributed by atoms with Crippen LogP contribution in [0.1, 0.15) is 34.3 Å². The van der Waals surface area contributed by atoms with Crippen molar-refractivity contribution in [3.05, 3.63) is 77.5 Å². The Morgan fingerprint density at radius 1 is 0.852 bits per heavy atom. The van der Waals surface area contributed by atoms with Gasteiger partial charge in [-0.25, -0.2) is 4.79 Å². The Balaban J connectivity index is 1.93. The van der Waals surface area contributed by atoms with E-state index in [2.05, 4.69) is 35.3 Å². The Hall–Kier alpha value is -3.20. The van der Waals surface area contributed by atoms with Crippen LogP contribution in [0.4, 0.5) is 0 Å². The first-order chi connectivity index (χ1) is 13.2. The van der Waals surface area contributed by atoms with E-state index in [0.717, 1.165) is 29.2 Å². The Kier molecular flexibility index (Phi) is 3.68. The first-order valence-electron chi connectivity index (χ1n) is 9.39. The summed E-state index contributed by atoms with van der Waals surface area (Å²) < 4.78 is 0. The Morgan fingerprint density at radius 3 is 2.48 bits per heavy atom. The lowest BCUT2D eigenvalue weighted by Crippen LogP contribution is -2.04. The van der Waals surface area contributed by atoms with E-state index in [1.54, 1.807) is 18.3 Å². The fraction of sp³-hybridized carbons (Fsp3) is 0.167. The number of aromatic carboxylic acids is 1. The maximum Gasteiger partial charge on any atom is 0.337 e. The second kappa shape index (κ2) is 6.20. The molecule has 1 aliphatic carbocycles. The molecular weight excluding hydrogens is 334 g/mol. The van der Waals surface area contributed by atoms with Crippen molar-refractivity contribution in [2.75, 3.05) is 0 Å². The summed E-state index contributed by atoms with van der Waals surface area (Å²) in [6.45, 7) is 0. The minimum Gasteiger partial charge on any atom is -0.478 e. The number of carboxylic acids is 1. The number of aryl methyl sites for hydroxylation is 2. The van der Waals surface area contributed by atoms with Gasteiger partial charge in [-0.2, -0.15) is 0 Å². The van der Waals surface area contributed by atoms with Crippen LogP contribution in [-0.4, -0.2) is 16.1 Å². The number of carbonyl (C=O) groups is 1. The topological polar surface area (TPSA) is 50.2 Å². The van der Waals surface area contributed by atoms with Crippen LogP contribution in [0, 0.1) is 0 Å². The Labute approximate surface area is 157 Å². The van der Waals surface area contributed by atoms with E-state index in [4.69, 9.17) is 0 Å². The highest BCUT2D eigenvalue weighted by molar-refractivity contribution is 6.15. The first-order valence-corrected chi connectivity index (χ1v) is 9.39. The molecule has 0 atom stereocenters. The lowest BCUT2D eigenvalue weighted by molar-refractivity contribution is 0.0697. The van der Waals surface area contributed by atoms with Gasteiger partial charge in [-0.1, -0.05) is 36.4 Å². The summed E-state index contributed by atoms with van der Waals surface area (Å²) in [5.74, 6) is -0.947. The predicted octanol–water partition coefficient (Wildman–Crippen LogP) is 5.63. The molecule has 0 aliphatic heterocycles. The fourth-order valence-electron chi connectivity index (χ4n) is 4.42.